The fourth-order valence-corrected chi connectivity index (χ4v) is 1.90. The van der Waals surface area contributed by atoms with Gasteiger partial charge >= 0.3 is 6.18 Å². The second-order valence-corrected chi connectivity index (χ2v) is 4.56. The number of anilines is 1. The van der Waals surface area contributed by atoms with Gasteiger partial charge < -0.3 is 15.8 Å². The molecule has 0 spiro atoms. The molecule has 0 radical (unpaired) electrons. The molecule has 1 aromatic rings. The lowest BCUT2D eigenvalue weighted by molar-refractivity contribution is -0.175. The van der Waals surface area contributed by atoms with E-state index in [1.807, 2.05) is 13.8 Å². The lowest BCUT2D eigenvalue weighted by Gasteiger charge is -2.22. The minimum absolute atomic E-state index is 0.101. The van der Waals surface area contributed by atoms with Crippen LogP contribution >= 0.6 is 0 Å². The Bertz CT molecular complexity index is 404. The second kappa shape index (κ2) is 7.44. The number of aromatic nitrogens is 1. The first-order valence-corrected chi connectivity index (χ1v) is 6.44. The predicted octanol–water partition coefficient (Wildman–Crippen LogP) is 2.59. The number of aryl methyl sites for hydroxylation is 1. The first kappa shape index (κ1) is 16.7. The number of alkyl halides is 3. The third-order valence-electron chi connectivity index (χ3n) is 2.78. The lowest BCUT2D eigenvalue weighted by atomic mass is 10.0. The summed E-state index contributed by atoms with van der Waals surface area (Å²) in [5, 5.41) is 3.14. The predicted molar refractivity (Wildman–Crippen MR) is 71.3 cm³/mol. The molecule has 0 fully saturated rings. The van der Waals surface area contributed by atoms with Gasteiger partial charge in [0.1, 0.15) is 12.4 Å². The fourth-order valence-electron chi connectivity index (χ4n) is 1.90. The second-order valence-electron chi connectivity index (χ2n) is 4.56. The molecule has 0 bridgehead atoms. The number of ether oxygens (including phenoxy) is 1. The third kappa shape index (κ3) is 5.34. The van der Waals surface area contributed by atoms with Gasteiger partial charge in [-0.15, -0.1) is 0 Å². The van der Waals surface area contributed by atoms with Gasteiger partial charge in [0, 0.05) is 11.8 Å². The summed E-state index contributed by atoms with van der Waals surface area (Å²) in [6.07, 6.45) is -1.90. The maximum absolute atomic E-state index is 12.1. The summed E-state index contributed by atoms with van der Waals surface area (Å²) >= 11 is 0. The highest BCUT2D eigenvalue weighted by molar-refractivity contribution is 5.46. The smallest absolute Gasteiger partial charge is 0.383 e. The van der Waals surface area contributed by atoms with E-state index in [9.17, 15) is 13.2 Å². The van der Waals surface area contributed by atoms with Gasteiger partial charge in [0.25, 0.3) is 0 Å². The van der Waals surface area contributed by atoms with Gasteiger partial charge in [-0.25, -0.2) is 4.98 Å². The minimum atomic E-state index is -4.33. The molecule has 0 saturated carbocycles. The molecule has 0 aliphatic carbocycles. The van der Waals surface area contributed by atoms with Crippen LogP contribution in [0.3, 0.4) is 0 Å². The van der Waals surface area contributed by atoms with E-state index >= 15 is 0 Å². The standard InChI is InChI=1S/C13H20F3N3O/c1-3-5-18-10(7-20-8-13(14,15)16)11-9(2)4-6-19-12(11)17/h4,6,10,18H,3,5,7-8H2,1-2H3,(H2,17,19). The summed E-state index contributed by atoms with van der Waals surface area (Å²) in [5.41, 5.74) is 7.40. The van der Waals surface area contributed by atoms with Gasteiger partial charge in [0.15, 0.2) is 0 Å². The van der Waals surface area contributed by atoms with Gasteiger partial charge in [-0.05, 0) is 31.5 Å². The van der Waals surface area contributed by atoms with Crippen LogP contribution < -0.4 is 11.1 Å². The molecule has 1 unspecified atom stereocenters. The van der Waals surface area contributed by atoms with Crippen LogP contribution in [0.1, 0.15) is 30.5 Å². The molecule has 1 atom stereocenters. The average Bonchev–Trinajstić information content (AvgIpc) is 2.33. The first-order chi connectivity index (χ1) is 9.35. The van der Waals surface area contributed by atoms with Crippen LogP contribution in [0.15, 0.2) is 12.3 Å². The molecule has 1 aromatic heterocycles. The van der Waals surface area contributed by atoms with E-state index in [1.165, 1.54) is 0 Å². The van der Waals surface area contributed by atoms with Crippen molar-refractivity contribution in [1.82, 2.24) is 10.3 Å². The maximum Gasteiger partial charge on any atom is 0.411 e. The largest absolute Gasteiger partial charge is 0.411 e. The molecule has 3 N–H and O–H groups in total. The lowest BCUT2D eigenvalue weighted by Crippen LogP contribution is -2.30. The Morgan fingerprint density at radius 1 is 1.45 bits per heavy atom. The number of nitrogens with zero attached hydrogens (tertiary/aromatic N) is 1. The number of pyridine rings is 1. The molecule has 0 aromatic carbocycles. The summed E-state index contributed by atoms with van der Waals surface area (Å²) in [6, 6.07) is 1.38. The molecule has 0 saturated heterocycles. The highest BCUT2D eigenvalue weighted by atomic mass is 19.4. The number of rotatable bonds is 7. The van der Waals surface area contributed by atoms with Crippen LogP contribution in [0.5, 0.6) is 0 Å². The highest BCUT2D eigenvalue weighted by Gasteiger charge is 2.28. The van der Waals surface area contributed by atoms with Gasteiger partial charge in [-0.1, -0.05) is 6.92 Å². The molecular weight excluding hydrogens is 271 g/mol. The van der Waals surface area contributed by atoms with Crippen LogP contribution in [0.4, 0.5) is 19.0 Å². The van der Waals surface area contributed by atoms with Crippen LogP contribution in [0.2, 0.25) is 0 Å². The molecule has 0 amide bonds. The Kier molecular flexibility index (Phi) is 6.22. The molecule has 0 aliphatic heterocycles. The summed E-state index contributed by atoms with van der Waals surface area (Å²) in [4.78, 5) is 3.99. The maximum atomic E-state index is 12.1. The van der Waals surface area contributed by atoms with Crippen molar-refractivity contribution in [3.63, 3.8) is 0 Å². The SMILES string of the molecule is CCCNC(COCC(F)(F)F)c1c(C)ccnc1N. The Morgan fingerprint density at radius 2 is 2.15 bits per heavy atom. The van der Waals surface area contributed by atoms with Crippen LogP contribution in [0, 0.1) is 6.92 Å². The molecule has 7 heteroatoms. The van der Waals surface area contributed by atoms with Crippen molar-refractivity contribution in [2.75, 3.05) is 25.5 Å². The average molecular weight is 291 g/mol. The normalized spacial score (nSPS) is 13.4. The Morgan fingerprint density at radius 3 is 2.70 bits per heavy atom. The fraction of sp³-hybridized carbons (Fsp3) is 0.615. The first-order valence-electron chi connectivity index (χ1n) is 6.44. The molecular formula is C13H20F3N3O. The topological polar surface area (TPSA) is 60.2 Å². The Balaban J connectivity index is 2.78. The van der Waals surface area contributed by atoms with Crippen molar-refractivity contribution in [3.8, 4) is 0 Å². The minimum Gasteiger partial charge on any atom is -0.383 e. The van der Waals surface area contributed by atoms with Crippen LogP contribution in [0.25, 0.3) is 0 Å². The van der Waals surface area contributed by atoms with Gasteiger partial charge in [-0.3, -0.25) is 0 Å². The summed E-state index contributed by atoms with van der Waals surface area (Å²) < 4.78 is 41.2. The number of nitrogen functional groups attached to an aromatic ring is 1. The molecule has 0 aliphatic rings. The van der Waals surface area contributed by atoms with Crippen molar-refractivity contribution in [1.29, 1.82) is 0 Å². The van der Waals surface area contributed by atoms with E-state index in [-0.39, 0.29) is 6.61 Å². The third-order valence-corrected chi connectivity index (χ3v) is 2.78. The van der Waals surface area contributed by atoms with E-state index in [1.54, 1.807) is 12.3 Å². The molecule has 1 heterocycles. The van der Waals surface area contributed by atoms with Gasteiger partial charge in [0.2, 0.25) is 0 Å². The summed E-state index contributed by atoms with van der Waals surface area (Å²) in [7, 11) is 0. The van der Waals surface area contributed by atoms with Crippen molar-refractivity contribution in [3.05, 3.63) is 23.4 Å². The van der Waals surface area contributed by atoms with Crippen molar-refractivity contribution in [2.45, 2.75) is 32.5 Å². The van der Waals surface area contributed by atoms with Crippen LogP contribution in [-0.2, 0) is 4.74 Å². The quantitative estimate of drug-likeness (QED) is 0.810. The van der Waals surface area contributed by atoms with Crippen LogP contribution in [-0.4, -0.2) is 30.9 Å². The summed E-state index contributed by atoms with van der Waals surface area (Å²) in [5.74, 6) is 0.314. The highest BCUT2D eigenvalue weighted by Crippen LogP contribution is 2.24. The summed E-state index contributed by atoms with van der Waals surface area (Å²) in [6.45, 7) is 3.11. The number of nitrogens with one attached hydrogen (secondary N) is 1. The molecule has 1 rings (SSSR count). The number of halogens is 3. The van der Waals surface area contributed by atoms with E-state index < -0.39 is 18.8 Å². The zero-order chi connectivity index (χ0) is 15.2. The number of hydrogen-bond donors (Lipinski definition) is 2. The van der Waals surface area contributed by atoms with Gasteiger partial charge in [0.05, 0.1) is 12.6 Å². The molecule has 114 valence electrons. The zero-order valence-corrected chi connectivity index (χ0v) is 11.6. The Labute approximate surface area is 116 Å². The zero-order valence-electron chi connectivity index (χ0n) is 11.6. The molecule has 4 nitrogen and oxygen atoms in total. The Hall–Kier alpha value is -1.34. The van der Waals surface area contributed by atoms with Crippen molar-refractivity contribution in [2.24, 2.45) is 0 Å². The van der Waals surface area contributed by atoms with Crippen molar-refractivity contribution < 1.29 is 17.9 Å². The number of nitrogens with two attached hydrogens (primary N) is 1. The van der Waals surface area contributed by atoms with E-state index in [0.717, 1.165) is 12.0 Å². The van der Waals surface area contributed by atoms with Crippen molar-refractivity contribution >= 4 is 5.82 Å². The monoisotopic (exact) mass is 291 g/mol. The van der Waals surface area contributed by atoms with Gasteiger partial charge in [-0.2, -0.15) is 13.2 Å². The number of hydrogen-bond acceptors (Lipinski definition) is 4. The van der Waals surface area contributed by atoms with E-state index in [4.69, 9.17) is 10.5 Å². The van der Waals surface area contributed by atoms with E-state index in [0.29, 0.717) is 17.9 Å². The van der Waals surface area contributed by atoms with E-state index in [2.05, 4.69) is 10.3 Å². The molecule has 20 heavy (non-hydrogen) atoms.